The average molecular weight is 410 g/mol. The highest BCUT2D eigenvalue weighted by Gasteiger charge is 2.29. The van der Waals surface area contributed by atoms with Crippen LogP contribution < -0.4 is 9.04 Å². The van der Waals surface area contributed by atoms with Crippen molar-refractivity contribution in [1.29, 1.82) is 0 Å². The topological polar surface area (TPSA) is 59.1 Å². The van der Waals surface area contributed by atoms with E-state index in [4.69, 9.17) is 9.47 Å². The van der Waals surface area contributed by atoms with Gasteiger partial charge in [-0.05, 0) is 42.3 Å². The fraction of sp³-hybridized carbons (Fsp3) is 0.217. The van der Waals surface area contributed by atoms with E-state index in [0.29, 0.717) is 30.3 Å². The maximum atomic E-state index is 13.5. The van der Waals surface area contributed by atoms with Crippen LogP contribution in [-0.2, 0) is 20.5 Å². The maximum Gasteiger partial charge on any atom is 0.243 e. The first-order valence-corrected chi connectivity index (χ1v) is 11.1. The van der Waals surface area contributed by atoms with Crippen molar-refractivity contribution in [3.8, 4) is 5.75 Å². The van der Waals surface area contributed by atoms with Gasteiger partial charge in [-0.25, -0.2) is 12.7 Å². The molecule has 0 aliphatic carbocycles. The molecule has 1 saturated heterocycles. The van der Waals surface area contributed by atoms with Crippen LogP contribution in [0.3, 0.4) is 0 Å². The van der Waals surface area contributed by atoms with Crippen LogP contribution >= 0.6 is 0 Å². The quantitative estimate of drug-likeness (QED) is 0.516. The zero-order valence-electron chi connectivity index (χ0n) is 16.2. The van der Waals surface area contributed by atoms with Crippen molar-refractivity contribution >= 4 is 21.4 Å². The largest absolute Gasteiger partial charge is 0.489 e. The van der Waals surface area contributed by atoms with Crippen LogP contribution in [0.5, 0.6) is 5.75 Å². The van der Waals surface area contributed by atoms with E-state index in [-0.39, 0.29) is 11.9 Å². The minimum Gasteiger partial charge on any atom is -0.489 e. The zero-order valence-corrected chi connectivity index (χ0v) is 17.0. The minimum absolute atomic E-state index is 0.0782. The van der Waals surface area contributed by atoms with Gasteiger partial charge in [-0.3, -0.25) is 0 Å². The summed E-state index contributed by atoms with van der Waals surface area (Å²) >= 11 is 0. The molecule has 0 saturated carbocycles. The Morgan fingerprint density at radius 2 is 1.66 bits per heavy atom. The second-order valence-electron chi connectivity index (χ2n) is 7.08. The molecule has 1 aliphatic heterocycles. The first-order chi connectivity index (χ1) is 14.0. The van der Waals surface area contributed by atoms with Crippen molar-refractivity contribution in [2.75, 3.05) is 17.5 Å². The molecular weight excluding hydrogens is 386 g/mol. The molecule has 3 aromatic rings. The normalized spacial score (nSPS) is 15.7. The number of hydrogen-bond acceptors (Lipinski definition) is 4. The summed E-state index contributed by atoms with van der Waals surface area (Å²) in [5.74, 6) is 0.419. The predicted molar refractivity (Wildman–Crippen MR) is 114 cm³/mol. The van der Waals surface area contributed by atoms with Crippen LogP contribution in [0.4, 0.5) is 11.4 Å². The first-order valence-electron chi connectivity index (χ1n) is 9.50. The summed E-state index contributed by atoms with van der Waals surface area (Å²) in [5.41, 5.74) is 2.79. The molecule has 1 heterocycles. The maximum absolute atomic E-state index is 13.5. The van der Waals surface area contributed by atoms with Gasteiger partial charge in [-0.1, -0.05) is 54.6 Å². The number of epoxide rings is 1. The number of anilines is 2. The molecule has 0 N–H and O–H groups in total. The fourth-order valence-electron chi connectivity index (χ4n) is 3.11. The lowest BCUT2D eigenvalue weighted by Crippen LogP contribution is -2.28. The molecule has 0 radical (unpaired) electrons. The van der Waals surface area contributed by atoms with Crippen LogP contribution in [-0.4, -0.2) is 27.7 Å². The van der Waals surface area contributed by atoms with Gasteiger partial charge in [0.15, 0.2) is 0 Å². The monoisotopic (exact) mass is 409 g/mol. The lowest BCUT2D eigenvalue weighted by atomic mass is 10.2. The summed E-state index contributed by atoms with van der Waals surface area (Å²) in [5, 5.41) is 0. The highest BCUT2D eigenvalue weighted by molar-refractivity contribution is 7.92. The molecule has 6 heteroatoms. The fourth-order valence-corrected chi connectivity index (χ4v) is 4.75. The van der Waals surface area contributed by atoms with E-state index in [0.717, 1.165) is 11.1 Å². The molecule has 1 unspecified atom stereocenters. The molecule has 1 aliphatic rings. The van der Waals surface area contributed by atoms with Crippen LogP contribution in [0, 0.1) is 6.92 Å². The number of rotatable bonds is 8. The summed E-state index contributed by atoms with van der Waals surface area (Å²) in [4.78, 5) is 0. The summed E-state index contributed by atoms with van der Waals surface area (Å²) in [6.45, 7) is 3.03. The van der Waals surface area contributed by atoms with E-state index < -0.39 is 10.0 Å². The highest BCUT2D eigenvalue weighted by Crippen LogP contribution is 2.38. The Labute approximate surface area is 171 Å². The van der Waals surface area contributed by atoms with Crippen LogP contribution in [0.15, 0.2) is 78.9 Å². The smallest absolute Gasteiger partial charge is 0.243 e. The summed E-state index contributed by atoms with van der Waals surface area (Å²) in [6.07, 6.45) is 0.0782. The van der Waals surface area contributed by atoms with Crippen molar-refractivity contribution in [3.63, 3.8) is 0 Å². The van der Waals surface area contributed by atoms with Gasteiger partial charge in [0.1, 0.15) is 18.5 Å². The number of para-hydroxylation sites is 1. The third-order valence-electron chi connectivity index (χ3n) is 4.62. The summed E-state index contributed by atoms with van der Waals surface area (Å²) < 4.78 is 39.6. The van der Waals surface area contributed by atoms with Crippen molar-refractivity contribution < 1.29 is 17.9 Å². The van der Waals surface area contributed by atoms with E-state index in [2.05, 4.69) is 0 Å². The lowest BCUT2D eigenvalue weighted by molar-refractivity contribution is 0.263. The Morgan fingerprint density at radius 1 is 1.00 bits per heavy atom. The van der Waals surface area contributed by atoms with Gasteiger partial charge in [0.2, 0.25) is 10.0 Å². The van der Waals surface area contributed by atoms with E-state index in [1.807, 2.05) is 67.6 Å². The molecule has 0 amide bonds. The number of aryl methyl sites for hydroxylation is 1. The second-order valence-corrected chi connectivity index (χ2v) is 8.90. The molecule has 150 valence electrons. The number of nitrogens with zero attached hydrogens (tertiary/aromatic N) is 1. The van der Waals surface area contributed by atoms with Crippen LogP contribution in [0.1, 0.15) is 11.1 Å². The van der Waals surface area contributed by atoms with Gasteiger partial charge in [-0.2, -0.15) is 0 Å². The SMILES string of the molecule is Cc1ccc(N(c2ccccc2)S(=O)(=O)Cc2ccccc2)c(OCC2CO2)c1. The third-order valence-corrected chi connectivity index (χ3v) is 6.28. The van der Waals surface area contributed by atoms with Crippen molar-refractivity contribution in [3.05, 3.63) is 90.0 Å². The van der Waals surface area contributed by atoms with Crippen LogP contribution in [0.25, 0.3) is 0 Å². The average Bonchev–Trinajstić information content (AvgIpc) is 3.54. The van der Waals surface area contributed by atoms with E-state index >= 15 is 0 Å². The molecule has 0 bridgehead atoms. The Morgan fingerprint density at radius 3 is 2.31 bits per heavy atom. The molecule has 29 heavy (non-hydrogen) atoms. The first kappa shape index (κ1) is 19.5. The molecule has 0 spiro atoms. The van der Waals surface area contributed by atoms with Gasteiger partial charge in [-0.15, -0.1) is 0 Å². The molecule has 3 aromatic carbocycles. The van der Waals surface area contributed by atoms with Gasteiger partial charge in [0.05, 0.1) is 23.7 Å². The van der Waals surface area contributed by atoms with Crippen molar-refractivity contribution in [2.24, 2.45) is 0 Å². The molecule has 1 atom stereocenters. The van der Waals surface area contributed by atoms with Crippen molar-refractivity contribution in [1.82, 2.24) is 0 Å². The summed E-state index contributed by atoms with van der Waals surface area (Å²) in [7, 11) is -3.72. The highest BCUT2D eigenvalue weighted by atomic mass is 32.2. The number of ether oxygens (including phenoxy) is 2. The molecule has 1 fully saturated rings. The van der Waals surface area contributed by atoms with E-state index in [1.54, 1.807) is 18.2 Å². The third kappa shape index (κ3) is 4.78. The van der Waals surface area contributed by atoms with Gasteiger partial charge in [0, 0.05) is 0 Å². The number of benzene rings is 3. The Kier molecular flexibility index (Phi) is 5.56. The predicted octanol–water partition coefficient (Wildman–Crippen LogP) is 4.44. The molecule has 0 aromatic heterocycles. The number of sulfonamides is 1. The number of hydrogen-bond donors (Lipinski definition) is 0. The van der Waals surface area contributed by atoms with E-state index in [1.165, 1.54) is 4.31 Å². The minimum atomic E-state index is -3.72. The molecular formula is C23H23NO4S. The lowest BCUT2D eigenvalue weighted by Gasteiger charge is -2.27. The van der Waals surface area contributed by atoms with Gasteiger partial charge in [0.25, 0.3) is 0 Å². The second kappa shape index (κ2) is 8.27. The molecule has 4 rings (SSSR count). The Hall–Kier alpha value is -2.83. The van der Waals surface area contributed by atoms with Gasteiger partial charge < -0.3 is 9.47 Å². The molecule has 5 nitrogen and oxygen atoms in total. The Bertz CT molecular complexity index is 1060. The van der Waals surface area contributed by atoms with Crippen molar-refractivity contribution in [2.45, 2.75) is 18.8 Å². The van der Waals surface area contributed by atoms with Gasteiger partial charge >= 0.3 is 0 Å². The van der Waals surface area contributed by atoms with Crippen LogP contribution in [0.2, 0.25) is 0 Å². The summed E-state index contributed by atoms with van der Waals surface area (Å²) in [6, 6.07) is 23.8. The standard InChI is InChI=1S/C23H23NO4S/c1-18-12-13-22(23(14-18)28-16-21-15-27-21)24(20-10-6-3-7-11-20)29(25,26)17-19-8-4-2-5-9-19/h2-14,21H,15-17H2,1H3. The van der Waals surface area contributed by atoms with E-state index in [9.17, 15) is 8.42 Å². The zero-order chi connectivity index (χ0) is 20.3. The Balaban J connectivity index is 1.77.